The molecular weight excluding hydrogens is 274 g/mol. The van der Waals surface area contributed by atoms with Gasteiger partial charge in [-0.2, -0.15) is 5.26 Å². The van der Waals surface area contributed by atoms with Crippen molar-refractivity contribution in [3.63, 3.8) is 0 Å². The maximum absolute atomic E-state index is 12.0. The quantitative estimate of drug-likeness (QED) is 0.942. The summed E-state index contributed by atoms with van der Waals surface area (Å²) in [6.07, 6.45) is 0.913. The molecule has 1 aliphatic heterocycles. The van der Waals surface area contributed by atoms with Gasteiger partial charge >= 0.3 is 0 Å². The number of nitriles is 1. The van der Waals surface area contributed by atoms with Crippen LogP contribution in [0.1, 0.15) is 28.3 Å². The number of benzene rings is 2. The predicted octanol–water partition coefficient (Wildman–Crippen LogP) is 2.14. The highest BCUT2D eigenvalue weighted by Gasteiger charge is 2.31. The minimum absolute atomic E-state index is 0.319. The topological polar surface area (TPSA) is 70.1 Å². The second-order valence-electron chi connectivity index (χ2n) is 5.53. The molecular formula is C18H17N3O. The molecule has 2 aromatic rings. The van der Waals surface area contributed by atoms with Crippen molar-refractivity contribution in [1.82, 2.24) is 4.90 Å². The van der Waals surface area contributed by atoms with Crippen LogP contribution in [0.5, 0.6) is 0 Å². The zero-order chi connectivity index (χ0) is 15.5. The normalized spacial score (nSPS) is 17.5. The number of nitrogens with two attached hydrogens (primary N) is 1. The molecule has 110 valence electrons. The Morgan fingerprint density at radius 3 is 2.64 bits per heavy atom. The largest absolute Gasteiger partial charge is 0.368 e. The van der Waals surface area contributed by atoms with Gasteiger partial charge in [0.05, 0.1) is 11.6 Å². The molecule has 4 heteroatoms. The summed E-state index contributed by atoms with van der Waals surface area (Å²) < 4.78 is 0. The van der Waals surface area contributed by atoms with E-state index in [0.29, 0.717) is 12.1 Å². The molecule has 0 saturated carbocycles. The molecule has 1 aliphatic rings. The van der Waals surface area contributed by atoms with Crippen LogP contribution in [0.2, 0.25) is 0 Å². The number of carbonyl (C=O) groups is 1. The highest BCUT2D eigenvalue weighted by Crippen LogP contribution is 2.30. The van der Waals surface area contributed by atoms with Gasteiger partial charge in [-0.1, -0.05) is 36.4 Å². The molecule has 2 aromatic carbocycles. The maximum Gasteiger partial charge on any atom is 0.239 e. The second kappa shape index (κ2) is 6.00. The first-order valence-corrected chi connectivity index (χ1v) is 7.29. The number of fused-ring (bicyclic) bond motifs is 1. The molecule has 0 fully saturated rings. The van der Waals surface area contributed by atoms with Crippen LogP contribution in [0.25, 0.3) is 0 Å². The summed E-state index contributed by atoms with van der Waals surface area (Å²) in [7, 11) is 0. The van der Waals surface area contributed by atoms with E-state index < -0.39 is 0 Å². The van der Waals surface area contributed by atoms with Gasteiger partial charge in [0, 0.05) is 13.1 Å². The lowest BCUT2D eigenvalue weighted by atomic mass is 9.91. The molecule has 0 saturated heterocycles. The average molecular weight is 291 g/mol. The highest BCUT2D eigenvalue weighted by molar-refractivity contribution is 5.82. The van der Waals surface area contributed by atoms with E-state index in [0.717, 1.165) is 24.1 Å². The molecule has 1 atom stereocenters. The Balaban J connectivity index is 1.87. The smallest absolute Gasteiger partial charge is 0.239 e. The first-order chi connectivity index (χ1) is 10.7. The number of hydrogen-bond donors (Lipinski definition) is 1. The predicted molar refractivity (Wildman–Crippen MR) is 83.6 cm³/mol. The van der Waals surface area contributed by atoms with Crippen LogP contribution in [0, 0.1) is 11.3 Å². The molecule has 4 nitrogen and oxygen atoms in total. The summed E-state index contributed by atoms with van der Waals surface area (Å²) in [5.74, 6) is -0.319. The lowest BCUT2D eigenvalue weighted by Gasteiger charge is -2.35. The van der Waals surface area contributed by atoms with Crippen molar-refractivity contribution in [3.8, 4) is 6.07 Å². The SMILES string of the molecule is N#Cc1ccc(CN2CCc3ccccc3C2C(N)=O)cc1. The molecule has 0 aromatic heterocycles. The number of hydrogen-bond acceptors (Lipinski definition) is 3. The van der Waals surface area contributed by atoms with Gasteiger partial charge in [0.25, 0.3) is 0 Å². The van der Waals surface area contributed by atoms with Crippen molar-refractivity contribution in [2.45, 2.75) is 19.0 Å². The molecule has 0 aliphatic carbocycles. The standard InChI is InChI=1S/C18H17N3O/c19-11-13-5-7-14(8-6-13)12-21-10-9-15-3-1-2-4-16(15)17(21)18(20)22/h1-8,17H,9-10,12H2,(H2,20,22). The Labute approximate surface area is 129 Å². The minimum Gasteiger partial charge on any atom is -0.368 e. The maximum atomic E-state index is 12.0. The van der Waals surface area contributed by atoms with E-state index in [1.165, 1.54) is 5.56 Å². The zero-order valence-corrected chi connectivity index (χ0v) is 12.2. The third-order valence-corrected chi connectivity index (χ3v) is 4.12. The van der Waals surface area contributed by atoms with Crippen LogP contribution in [0.15, 0.2) is 48.5 Å². The Hall–Kier alpha value is -2.64. The lowest BCUT2D eigenvalue weighted by Crippen LogP contribution is -2.42. The van der Waals surface area contributed by atoms with Gasteiger partial charge in [0.1, 0.15) is 6.04 Å². The summed E-state index contributed by atoms with van der Waals surface area (Å²) in [5.41, 5.74) is 9.57. The zero-order valence-electron chi connectivity index (χ0n) is 12.2. The van der Waals surface area contributed by atoms with Gasteiger partial charge in [-0.3, -0.25) is 9.69 Å². The molecule has 0 radical (unpaired) electrons. The van der Waals surface area contributed by atoms with Crippen molar-refractivity contribution in [3.05, 3.63) is 70.8 Å². The van der Waals surface area contributed by atoms with Gasteiger partial charge in [-0.25, -0.2) is 0 Å². The van der Waals surface area contributed by atoms with Crippen LogP contribution in [-0.2, 0) is 17.8 Å². The summed E-state index contributed by atoms with van der Waals surface area (Å²) in [6, 6.07) is 17.2. The minimum atomic E-state index is -0.388. The Bertz CT molecular complexity index is 731. The molecule has 0 spiro atoms. The monoisotopic (exact) mass is 291 g/mol. The summed E-state index contributed by atoms with van der Waals surface area (Å²) in [6.45, 7) is 1.44. The van der Waals surface area contributed by atoms with E-state index in [2.05, 4.69) is 17.0 Å². The Morgan fingerprint density at radius 1 is 1.23 bits per heavy atom. The van der Waals surface area contributed by atoms with Gasteiger partial charge < -0.3 is 5.73 Å². The summed E-state index contributed by atoms with van der Waals surface area (Å²) >= 11 is 0. The molecule has 1 amide bonds. The first-order valence-electron chi connectivity index (χ1n) is 7.29. The fraction of sp³-hybridized carbons (Fsp3) is 0.222. The van der Waals surface area contributed by atoms with Gasteiger partial charge in [0.15, 0.2) is 0 Å². The van der Waals surface area contributed by atoms with Gasteiger partial charge in [-0.05, 0) is 35.2 Å². The van der Waals surface area contributed by atoms with E-state index >= 15 is 0 Å². The van der Waals surface area contributed by atoms with E-state index in [1.54, 1.807) is 12.1 Å². The van der Waals surface area contributed by atoms with Crippen LogP contribution in [-0.4, -0.2) is 17.4 Å². The van der Waals surface area contributed by atoms with Gasteiger partial charge in [0.2, 0.25) is 5.91 Å². The first kappa shape index (κ1) is 14.3. The molecule has 1 heterocycles. The van der Waals surface area contributed by atoms with Crippen LogP contribution in [0.3, 0.4) is 0 Å². The lowest BCUT2D eigenvalue weighted by molar-refractivity contribution is -0.124. The molecule has 0 bridgehead atoms. The number of nitrogens with zero attached hydrogens (tertiary/aromatic N) is 2. The third kappa shape index (κ3) is 2.72. The van der Waals surface area contributed by atoms with E-state index in [4.69, 9.17) is 11.0 Å². The van der Waals surface area contributed by atoms with Crippen molar-refractivity contribution in [2.24, 2.45) is 5.73 Å². The molecule has 22 heavy (non-hydrogen) atoms. The number of carbonyl (C=O) groups excluding carboxylic acids is 1. The Kier molecular flexibility index (Phi) is 3.90. The van der Waals surface area contributed by atoms with E-state index in [-0.39, 0.29) is 11.9 Å². The van der Waals surface area contributed by atoms with Crippen molar-refractivity contribution in [1.29, 1.82) is 5.26 Å². The second-order valence-corrected chi connectivity index (χ2v) is 5.53. The van der Waals surface area contributed by atoms with Crippen molar-refractivity contribution >= 4 is 5.91 Å². The summed E-state index contributed by atoms with van der Waals surface area (Å²) in [4.78, 5) is 14.1. The number of primary amides is 1. The Morgan fingerprint density at radius 2 is 1.95 bits per heavy atom. The highest BCUT2D eigenvalue weighted by atomic mass is 16.1. The molecule has 1 unspecified atom stereocenters. The fourth-order valence-electron chi connectivity index (χ4n) is 3.04. The molecule has 3 rings (SSSR count). The van der Waals surface area contributed by atoms with E-state index in [9.17, 15) is 4.79 Å². The number of rotatable bonds is 3. The number of amides is 1. The average Bonchev–Trinajstić information content (AvgIpc) is 2.55. The van der Waals surface area contributed by atoms with Crippen molar-refractivity contribution < 1.29 is 4.79 Å². The van der Waals surface area contributed by atoms with Crippen molar-refractivity contribution in [2.75, 3.05) is 6.54 Å². The van der Waals surface area contributed by atoms with Gasteiger partial charge in [-0.15, -0.1) is 0 Å². The van der Waals surface area contributed by atoms with E-state index in [1.807, 2.05) is 30.3 Å². The molecule has 2 N–H and O–H groups in total. The van der Waals surface area contributed by atoms with Crippen LogP contribution < -0.4 is 5.73 Å². The van der Waals surface area contributed by atoms with Crippen LogP contribution >= 0.6 is 0 Å². The third-order valence-electron chi connectivity index (χ3n) is 4.12. The van der Waals surface area contributed by atoms with Crippen LogP contribution in [0.4, 0.5) is 0 Å². The fourth-order valence-corrected chi connectivity index (χ4v) is 3.04. The summed E-state index contributed by atoms with van der Waals surface area (Å²) in [5, 5.41) is 8.85.